The van der Waals surface area contributed by atoms with Gasteiger partial charge in [0.15, 0.2) is 11.5 Å². The van der Waals surface area contributed by atoms with Gasteiger partial charge in [0.05, 0.1) is 13.3 Å². The SMILES string of the molecule is COc1ccc(C=NNC(=O)c2cccc(O)c2)cc1O. The zero-order valence-corrected chi connectivity index (χ0v) is 11.3. The highest BCUT2D eigenvalue weighted by Gasteiger charge is 2.04. The van der Waals surface area contributed by atoms with Crippen LogP contribution in [0.5, 0.6) is 17.2 Å². The second kappa shape index (κ2) is 6.42. The van der Waals surface area contributed by atoms with Crippen LogP contribution in [0, 0.1) is 0 Å². The number of nitrogens with one attached hydrogen (secondary N) is 1. The molecule has 6 nitrogen and oxygen atoms in total. The van der Waals surface area contributed by atoms with E-state index in [4.69, 9.17) is 4.74 Å². The van der Waals surface area contributed by atoms with Crippen LogP contribution in [0.4, 0.5) is 0 Å². The molecule has 2 rings (SSSR count). The van der Waals surface area contributed by atoms with Gasteiger partial charge in [-0.15, -0.1) is 0 Å². The Labute approximate surface area is 121 Å². The van der Waals surface area contributed by atoms with Crippen molar-refractivity contribution in [2.75, 3.05) is 7.11 Å². The van der Waals surface area contributed by atoms with E-state index in [1.54, 1.807) is 24.3 Å². The second-order valence-electron chi connectivity index (χ2n) is 4.18. The molecule has 0 fully saturated rings. The zero-order chi connectivity index (χ0) is 15.2. The maximum absolute atomic E-state index is 11.7. The number of ether oxygens (including phenoxy) is 1. The number of phenolic OH excluding ortho intramolecular Hbond substituents is 2. The Morgan fingerprint density at radius 3 is 2.71 bits per heavy atom. The number of carbonyl (C=O) groups is 1. The van der Waals surface area contributed by atoms with E-state index < -0.39 is 5.91 Å². The van der Waals surface area contributed by atoms with Crippen LogP contribution in [0.2, 0.25) is 0 Å². The summed E-state index contributed by atoms with van der Waals surface area (Å²) < 4.78 is 4.92. The Morgan fingerprint density at radius 1 is 1.24 bits per heavy atom. The number of benzene rings is 2. The molecule has 3 N–H and O–H groups in total. The number of aromatic hydroxyl groups is 2. The van der Waals surface area contributed by atoms with Gasteiger partial charge in [-0.3, -0.25) is 4.79 Å². The lowest BCUT2D eigenvalue weighted by atomic mass is 10.2. The lowest BCUT2D eigenvalue weighted by molar-refractivity contribution is 0.0954. The van der Waals surface area contributed by atoms with E-state index in [0.717, 1.165) is 0 Å². The third kappa shape index (κ3) is 3.73. The number of hydrogen-bond acceptors (Lipinski definition) is 5. The first-order valence-electron chi connectivity index (χ1n) is 6.09. The Kier molecular flexibility index (Phi) is 4.40. The maximum atomic E-state index is 11.7. The highest BCUT2D eigenvalue weighted by Crippen LogP contribution is 2.25. The van der Waals surface area contributed by atoms with Gasteiger partial charge in [0.2, 0.25) is 0 Å². The van der Waals surface area contributed by atoms with Crippen molar-refractivity contribution in [2.24, 2.45) is 5.10 Å². The first-order valence-corrected chi connectivity index (χ1v) is 6.09. The summed E-state index contributed by atoms with van der Waals surface area (Å²) in [6.45, 7) is 0. The molecule has 0 aliphatic rings. The molecule has 0 radical (unpaired) electrons. The quantitative estimate of drug-likeness (QED) is 0.591. The topological polar surface area (TPSA) is 91.2 Å². The third-order valence-electron chi connectivity index (χ3n) is 2.69. The van der Waals surface area contributed by atoms with E-state index in [1.165, 1.54) is 31.5 Å². The molecule has 0 bridgehead atoms. The molecular formula is C15H14N2O4. The summed E-state index contributed by atoms with van der Waals surface area (Å²) in [6.07, 6.45) is 1.39. The first kappa shape index (κ1) is 14.4. The third-order valence-corrected chi connectivity index (χ3v) is 2.69. The first-order chi connectivity index (χ1) is 10.1. The van der Waals surface area contributed by atoms with Gasteiger partial charge in [-0.05, 0) is 42.0 Å². The van der Waals surface area contributed by atoms with Crippen LogP contribution in [0.25, 0.3) is 0 Å². The number of methoxy groups -OCH3 is 1. The predicted molar refractivity (Wildman–Crippen MR) is 77.8 cm³/mol. The van der Waals surface area contributed by atoms with E-state index in [2.05, 4.69) is 10.5 Å². The van der Waals surface area contributed by atoms with Gasteiger partial charge in [-0.1, -0.05) is 6.07 Å². The van der Waals surface area contributed by atoms with Crippen LogP contribution in [0.1, 0.15) is 15.9 Å². The minimum atomic E-state index is -0.445. The van der Waals surface area contributed by atoms with Crippen LogP contribution in [0.15, 0.2) is 47.6 Å². The zero-order valence-electron chi connectivity index (χ0n) is 11.3. The molecule has 108 valence electrons. The van der Waals surface area contributed by atoms with Gasteiger partial charge in [0.25, 0.3) is 5.91 Å². The Morgan fingerprint density at radius 2 is 2.05 bits per heavy atom. The average Bonchev–Trinajstić information content (AvgIpc) is 2.47. The highest BCUT2D eigenvalue weighted by atomic mass is 16.5. The lowest BCUT2D eigenvalue weighted by Crippen LogP contribution is -2.17. The van der Waals surface area contributed by atoms with E-state index >= 15 is 0 Å². The van der Waals surface area contributed by atoms with E-state index in [9.17, 15) is 15.0 Å². The molecular weight excluding hydrogens is 272 g/mol. The molecule has 0 saturated heterocycles. The van der Waals surface area contributed by atoms with Crippen LogP contribution >= 0.6 is 0 Å². The fraction of sp³-hybridized carbons (Fsp3) is 0.0667. The highest BCUT2D eigenvalue weighted by molar-refractivity contribution is 5.95. The van der Waals surface area contributed by atoms with Gasteiger partial charge < -0.3 is 14.9 Å². The molecule has 0 aliphatic carbocycles. The summed E-state index contributed by atoms with van der Waals surface area (Å²) >= 11 is 0. The molecule has 0 atom stereocenters. The largest absolute Gasteiger partial charge is 0.508 e. The van der Waals surface area contributed by atoms with Crippen molar-refractivity contribution in [3.8, 4) is 17.2 Å². The van der Waals surface area contributed by atoms with Crippen molar-refractivity contribution in [3.05, 3.63) is 53.6 Å². The van der Waals surface area contributed by atoms with E-state index in [1.807, 2.05) is 0 Å². The second-order valence-corrected chi connectivity index (χ2v) is 4.18. The number of carbonyl (C=O) groups excluding carboxylic acids is 1. The number of rotatable bonds is 4. The average molecular weight is 286 g/mol. The molecule has 2 aromatic rings. The minimum absolute atomic E-state index is 0.00621. The summed E-state index contributed by atoms with van der Waals surface area (Å²) in [5.41, 5.74) is 3.23. The van der Waals surface area contributed by atoms with Crippen molar-refractivity contribution in [1.82, 2.24) is 5.43 Å². The fourth-order valence-electron chi connectivity index (χ4n) is 1.66. The smallest absolute Gasteiger partial charge is 0.271 e. The number of phenols is 2. The molecule has 1 amide bonds. The Hall–Kier alpha value is -3.02. The number of amides is 1. The van der Waals surface area contributed by atoms with E-state index in [-0.39, 0.29) is 11.5 Å². The molecule has 2 aromatic carbocycles. The molecule has 21 heavy (non-hydrogen) atoms. The maximum Gasteiger partial charge on any atom is 0.271 e. The summed E-state index contributed by atoms with van der Waals surface area (Å²) in [5, 5.41) is 22.7. The van der Waals surface area contributed by atoms with Crippen LogP contribution < -0.4 is 10.2 Å². The molecule has 0 heterocycles. The normalized spacial score (nSPS) is 10.5. The van der Waals surface area contributed by atoms with Crippen LogP contribution in [0.3, 0.4) is 0 Å². The number of hydrazone groups is 1. The van der Waals surface area contributed by atoms with Gasteiger partial charge in [0.1, 0.15) is 5.75 Å². The van der Waals surface area contributed by atoms with Crippen LogP contribution in [-0.2, 0) is 0 Å². The van der Waals surface area contributed by atoms with Crippen molar-refractivity contribution >= 4 is 12.1 Å². The van der Waals surface area contributed by atoms with E-state index in [0.29, 0.717) is 16.9 Å². The predicted octanol–water partition coefficient (Wildman–Crippen LogP) is 1.87. The lowest BCUT2D eigenvalue weighted by Gasteiger charge is -2.03. The molecule has 0 spiro atoms. The Bertz CT molecular complexity index is 683. The van der Waals surface area contributed by atoms with Gasteiger partial charge in [-0.25, -0.2) is 5.43 Å². The van der Waals surface area contributed by atoms with Gasteiger partial charge in [0, 0.05) is 5.56 Å². The Balaban J connectivity index is 2.02. The molecule has 0 aliphatic heterocycles. The van der Waals surface area contributed by atoms with Crippen molar-refractivity contribution in [3.63, 3.8) is 0 Å². The summed E-state index contributed by atoms with van der Waals surface area (Å²) in [6, 6.07) is 10.7. The van der Waals surface area contributed by atoms with Crippen LogP contribution in [-0.4, -0.2) is 29.4 Å². The standard InChI is InChI=1S/C15H14N2O4/c1-21-14-6-5-10(7-13(14)19)9-16-17-15(20)11-3-2-4-12(18)8-11/h2-9,18-19H,1H3,(H,17,20). The molecule has 6 heteroatoms. The van der Waals surface area contributed by atoms with Crippen molar-refractivity contribution in [2.45, 2.75) is 0 Å². The monoisotopic (exact) mass is 286 g/mol. The summed E-state index contributed by atoms with van der Waals surface area (Å²) in [4.78, 5) is 11.7. The van der Waals surface area contributed by atoms with Crippen molar-refractivity contribution < 1.29 is 19.7 Å². The molecule has 0 aromatic heterocycles. The summed E-state index contributed by atoms with van der Waals surface area (Å²) in [7, 11) is 1.46. The fourth-order valence-corrected chi connectivity index (χ4v) is 1.66. The minimum Gasteiger partial charge on any atom is -0.508 e. The van der Waals surface area contributed by atoms with Crippen molar-refractivity contribution in [1.29, 1.82) is 0 Å². The van der Waals surface area contributed by atoms with Gasteiger partial charge >= 0.3 is 0 Å². The molecule has 0 saturated carbocycles. The van der Waals surface area contributed by atoms with Gasteiger partial charge in [-0.2, -0.15) is 5.10 Å². The summed E-state index contributed by atoms with van der Waals surface area (Å²) in [5.74, 6) is -0.0942. The molecule has 0 unspecified atom stereocenters. The number of nitrogens with zero attached hydrogens (tertiary/aromatic N) is 1. The number of hydrogen-bond donors (Lipinski definition) is 3.